The number of aromatic nitrogens is 2. The number of hydrogen-bond donors (Lipinski definition) is 0. The zero-order valence-corrected chi connectivity index (χ0v) is 31.6. The lowest BCUT2D eigenvalue weighted by Crippen LogP contribution is -2.01. The van der Waals surface area contributed by atoms with E-state index in [1.165, 1.54) is 37.9 Å². The molecule has 0 unspecified atom stereocenters. The highest BCUT2D eigenvalue weighted by Crippen LogP contribution is 2.40. The summed E-state index contributed by atoms with van der Waals surface area (Å²) >= 11 is 0. The van der Waals surface area contributed by atoms with Gasteiger partial charge in [-0.3, -0.25) is 0 Å². The van der Waals surface area contributed by atoms with Crippen molar-refractivity contribution in [2.75, 3.05) is 0 Å². The summed E-state index contributed by atoms with van der Waals surface area (Å²) < 4.78 is 0. The molecule has 9 aromatic rings. The molecule has 1 aromatic heterocycles. The molecule has 0 aliphatic carbocycles. The molecule has 2 heteroatoms. The first-order valence-electron chi connectivity index (χ1n) is 19.1. The Morgan fingerprint density at radius 2 is 1.00 bits per heavy atom. The first kappa shape index (κ1) is 34.6. The number of aryl methyl sites for hydroxylation is 1. The standard InChI is InChI=1S/C54H40N2/c1-5-17-37(6-2)39-21-16-22-40(30-39)42-31-43(41-28-29-50-48-26-13-12-24-46(48)47-25-14-15-27-49(47)51(50)34-41)33-44(32-42)54-55-52(38-19-8-7-9-20-38)36(4)53(56-54)45-23-11-10-18-35(45)3/h5-34H,1-2H2,3-4H3/b37-17+. The molecule has 0 saturated carbocycles. The van der Waals surface area contributed by atoms with Crippen molar-refractivity contribution in [3.63, 3.8) is 0 Å². The van der Waals surface area contributed by atoms with Crippen LogP contribution in [0.3, 0.4) is 0 Å². The van der Waals surface area contributed by atoms with Gasteiger partial charge in [0.15, 0.2) is 5.82 Å². The van der Waals surface area contributed by atoms with Gasteiger partial charge in [0.25, 0.3) is 0 Å². The van der Waals surface area contributed by atoms with Crippen molar-refractivity contribution in [3.05, 3.63) is 212 Å². The van der Waals surface area contributed by atoms with Gasteiger partial charge >= 0.3 is 0 Å². The molecule has 0 bridgehead atoms. The molecule has 0 saturated heterocycles. The van der Waals surface area contributed by atoms with E-state index in [1.54, 1.807) is 6.08 Å². The maximum atomic E-state index is 5.39. The van der Waals surface area contributed by atoms with Gasteiger partial charge in [0.1, 0.15) is 0 Å². The lowest BCUT2D eigenvalue weighted by atomic mass is 9.90. The van der Waals surface area contributed by atoms with Crippen LogP contribution in [0.15, 0.2) is 195 Å². The van der Waals surface area contributed by atoms with Gasteiger partial charge in [-0.1, -0.05) is 165 Å². The Balaban J connectivity index is 1.32. The summed E-state index contributed by atoms with van der Waals surface area (Å²) in [7, 11) is 0. The molecule has 9 rings (SSSR count). The van der Waals surface area contributed by atoms with Crippen molar-refractivity contribution < 1.29 is 0 Å². The largest absolute Gasteiger partial charge is 0.228 e. The van der Waals surface area contributed by atoms with Crippen LogP contribution in [0.4, 0.5) is 0 Å². The molecule has 56 heavy (non-hydrogen) atoms. The molecule has 2 nitrogen and oxygen atoms in total. The van der Waals surface area contributed by atoms with Gasteiger partial charge in [0.2, 0.25) is 0 Å². The lowest BCUT2D eigenvalue weighted by molar-refractivity contribution is 1.14. The average molecular weight is 717 g/mol. The normalized spacial score (nSPS) is 11.6. The molecule has 0 N–H and O–H groups in total. The molecule has 0 radical (unpaired) electrons. The predicted molar refractivity (Wildman–Crippen MR) is 240 cm³/mol. The Kier molecular flexibility index (Phi) is 9.01. The second-order valence-electron chi connectivity index (χ2n) is 14.3. The molecule has 0 fully saturated rings. The number of benzene rings is 8. The maximum absolute atomic E-state index is 5.39. The van der Waals surface area contributed by atoms with Gasteiger partial charge < -0.3 is 0 Å². The van der Waals surface area contributed by atoms with E-state index in [1.807, 2.05) is 18.2 Å². The lowest BCUT2D eigenvalue weighted by Gasteiger charge is -2.17. The van der Waals surface area contributed by atoms with E-state index >= 15 is 0 Å². The van der Waals surface area contributed by atoms with Crippen LogP contribution in [-0.2, 0) is 0 Å². The van der Waals surface area contributed by atoms with Crippen LogP contribution in [0.2, 0.25) is 0 Å². The summed E-state index contributed by atoms with van der Waals surface area (Å²) in [6.45, 7) is 12.3. The number of allylic oxidation sites excluding steroid dienone is 4. The highest BCUT2D eigenvalue weighted by Gasteiger charge is 2.19. The van der Waals surface area contributed by atoms with Crippen molar-refractivity contribution >= 4 is 37.9 Å². The summed E-state index contributed by atoms with van der Waals surface area (Å²) in [4.78, 5) is 10.8. The minimum Gasteiger partial charge on any atom is -0.228 e. The summed E-state index contributed by atoms with van der Waals surface area (Å²) in [5.41, 5.74) is 13.7. The minimum absolute atomic E-state index is 0.683. The molecule has 0 amide bonds. The Morgan fingerprint density at radius 1 is 0.446 bits per heavy atom. The van der Waals surface area contributed by atoms with Gasteiger partial charge in [-0.25, -0.2) is 9.97 Å². The van der Waals surface area contributed by atoms with Crippen LogP contribution in [0.25, 0.3) is 94.0 Å². The first-order chi connectivity index (χ1) is 27.5. The summed E-state index contributed by atoms with van der Waals surface area (Å²) in [6, 6.07) is 58.7. The summed E-state index contributed by atoms with van der Waals surface area (Å²) in [6.07, 6.45) is 5.68. The van der Waals surface area contributed by atoms with E-state index in [-0.39, 0.29) is 0 Å². The molecule has 0 aliphatic rings. The Morgan fingerprint density at radius 3 is 1.66 bits per heavy atom. The van der Waals surface area contributed by atoms with E-state index in [4.69, 9.17) is 9.97 Å². The predicted octanol–water partition coefficient (Wildman–Crippen LogP) is 14.6. The van der Waals surface area contributed by atoms with E-state index in [0.29, 0.717) is 5.82 Å². The van der Waals surface area contributed by atoms with E-state index in [9.17, 15) is 0 Å². The fraction of sp³-hybridized carbons (Fsp3) is 0.0370. The first-order valence-corrected chi connectivity index (χ1v) is 19.1. The van der Waals surface area contributed by atoms with Crippen molar-refractivity contribution in [2.45, 2.75) is 13.8 Å². The number of fused-ring (bicyclic) bond motifs is 6. The van der Waals surface area contributed by atoms with Crippen molar-refractivity contribution in [1.82, 2.24) is 9.97 Å². The zero-order valence-electron chi connectivity index (χ0n) is 31.6. The monoisotopic (exact) mass is 716 g/mol. The van der Waals surface area contributed by atoms with E-state index in [0.717, 1.165) is 67.0 Å². The van der Waals surface area contributed by atoms with Crippen LogP contribution in [0.1, 0.15) is 16.7 Å². The molecule has 1 heterocycles. The van der Waals surface area contributed by atoms with E-state index < -0.39 is 0 Å². The van der Waals surface area contributed by atoms with Crippen LogP contribution in [0, 0.1) is 13.8 Å². The minimum atomic E-state index is 0.683. The maximum Gasteiger partial charge on any atom is 0.160 e. The van der Waals surface area contributed by atoms with Crippen molar-refractivity contribution in [2.24, 2.45) is 0 Å². The second-order valence-corrected chi connectivity index (χ2v) is 14.3. The molecular formula is C54H40N2. The summed E-state index contributed by atoms with van der Waals surface area (Å²) in [5, 5.41) is 7.51. The van der Waals surface area contributed by atoms with Crippen LogP contribution >= 0.6 is 0 Å². The van der Waals surface area contributed by atoms with Gasteiger partial charge in [-0.2, -0.15) is 0 Å². The number of nitrogens with zero attached hydrogens (tertiary/aromatic N) is 2. The molecule has 0 atom stereocenters. The van der Waals surface area contributed by atoms with Gasteiger partial charge in [0.05, 0.1) is 11.4 Å². The van der Waals surface area contributed by atoms with Crippen molar-refractivity contribution in [3.8, 4) is 56.2 Å². The number of rotatable bonds is 8. The highest BCUT2D eigenvalue weighted by molar-refractivity contribution is 6.25. The average Bonchev–Trinajstić information content (AvgIpc) is 3.26. The third-order valence-electron chi connectivity index (χ3n) is 10.9. The van der Waals surface area contributed by atoms with Gasteiger partial charge in [-0.15, -0.1) is 0 Å². The SMILES string of the molecule is C=C/C=C(\C=C)c1cccc(-c2cc(-c3ccc4c5ccccc5c5ccccc5c4c3)cc(-c3nc(-c4ccccc4)c(C)c(-c4ccccc4C)n3)c2)c1. The van der Waals surface area contributed by atoms with Crippen molar-refractivity contribution in [1.29, 1.82) is 0 Å². The third kappa shape index (κ3) is 6.22. The van der Waals surface area contributed by atoms with E-state index in [2.05, 4.69) is 185 Å². The smallest absolute Gasteiger partial charge is 0.160 e. The molecule has 0 spiro atoms. The molecular weight excluding hydrogens is 677 g/mol. The summed E-state index contributed by atoms with van der Waals surface area (Å²) in [5.74, 6) is 0.683. The fourth-order valence-electron chi connectivity index (χ4n) is 8.09. The Bertz CT molecular complexity index is 2990. The number of hydrogen-bond acceptors (Lipinski definition) is 2. The highest BCUT2D eigenvalue weighted by atomic mass is 14.9. The van der Waals surface area contributed by atoms with Gasteiger partial charge in [0, 0.05) is 22.3 Å². The molecule has 8 aromatic carbocycles. The molecule has 266 valence electrons. The third-order valence-corrected chi connectivity index (χ3v) is 10.9. The quantitative estimate of drug-likeness (QED) is 0.116. The Labute approximate surface area is 328 Å². The molecule has 0 aliphatic heterocycles. The second kappa shape index (κ2) is 14.6. The Hall–Kier alpha value is -7.16. The fourth-order valence-corrected chi connectivity index (χ4v) is 8.09. The topological polar surface area (TPSA) is 25.8 Å². The van der Waals surface area contributed by atoms with Crippen LogP contribution in [0.5, 0.6) is 0 Å². The van der Waals surface area contributed by atoms with Crippen LogP contribution in [-0.4, -0.2) is 9.97 Å². The zero-order chi connectivity index (χ0) is 38.2. The van der Waals surface area contributed by atoms with Crippen LogP contribution < -0.4 is 0 Å². The van der Waals surface area contributed by atoms with Gasteiger partial charge in [-0.05, 0) is 115 Å².